The van der Waals surface area contributed by atoms with Crippen LogP contribution in [-0.4, -0.2) is 61.5 Å². The van der Waals surface area contributed by atoms with Crippen LogP contribution in [0.15, 0.2) is 48.9 Å². The molecule has 0 radical (unpaired) electrons. The molecule has 1 aromatic carbocycles. The number of halogens is 1. The second-order valence-electron chi connectivity index (χ2n) is 6.48. The number of benzene rings is 1. The Morgan fingerprint density at radius 2 is 1.93 bits per heavy atom. The lowest BCUT2D eigenvalue weighted by Crippen LogP contribution is -2.41. The highest BCUT2D eigenvalue weighted by Crippen LogP contribution is 2.24. The molecule has 0 spiro atoms. The lowest BCUT2D eigenvalue weighted by molar-refractivity contribution is -0.0231. The molecule has 1 aliphatic heterocycles. The van der Waals surface area contributed by atoms with Crippen LogP contribution in [0, 0.1) is 0 Å². The fourth-order valence-corrected chi connectivity index (χ4v) is 3.22. The van der Waals surface area contributed by atoms with Gasteiger partial charge in [0.25, 0.3) is 5.91 Å². The summed E-state index contributed by atoms with van der Waals surface area (Å²) in [6.45, 7) is 0.962. The van der Waals surface area contributed by atoms with Gasteiger partial charge < -0.3 is 20.1 Å². The zero-order valence-corrected chi connectivity index (χ0v) is 16.4. The Morgan fingerprint density at radius 3 is 2.67 bits per heavy atom. The molecule has 154 valence electrons. The molecule has 2 amide bonds. The summed E-state index contributed by atoms with van der Waals surface area (Å²) in [6, 6.07) is 8.60. The van der Waals surface area contributed by atoms with E-state index in [0.717, 1.165) is 5.56 Å². The van der Waals surface area contributed by atoms with Crippen molar-refractivity contribution >= 4 is 29.3 Å². The third-order valence-electron chi connectivity index (χ3n) is 4.55. The van der Waals surface area contributed by atoms with Crippen LogP contribution in [-0.2, 0) is 4.74 Å². The molecule has 3 aromatic rings. The summed E-state index contributed by atoms with van der Waals surface area (Å²) in [7, 11) is 0. The Bertz CT molecular complexity index is 1070. The predicted molar refractivity (Wildman–Crippen MR) is 107 cm³/mol. The predicted octanol–water partition coefficient (Wildman–Crippen LogP) is 2.62. The second-order valence-corrected chi connectivity index (χ2v) is 6.84. The first-order chi connectivity index (χ1) is 14.5. The SMILES string of the molecule is O=C(Nc1ccc([C@H]2CN(C(=O)O)CCO2)cc1)c1ccn(-c2nccnc2Cl)n1. The molecular formula is C19H17ClN6O4. The van der Waals surface area contributed by atoms with Crippen molar-refractivity contribution in [1.29, 1.82) is 0 Å². The van der Waals surface area contributed by atoms with Crippen molar-refractivity contribution in [2.24, 2.45) is 0 Å². The van der Waals surface area contributed by atoms with E-state index in [1.54, 1.807) is 36.5 Å². The van der Waals surface area contributed by atoms with Crippen LogP contribution in [0.2, 0.25) is 5.15 Å². The third kappa shape index (κ3) is 4.24. The number of morpholine rings is 1. The summed E-state index contributed by atoms with van der Waals surface area (Å²) in [4.78, 5) is 33.0. The highest BCUT2D eigenvalue weighted by atomic mass is 35.5. The number of carboxylic acid groups (broad SMARTS) is 1. The monoisotopic (exact) mass is 428 g/mol. The number of carbonyl (C=O) groups excluding carboxylic acids is 1. The van der Waals surface area contributed by atoms with Crippen molar-refractivity contribution < 1.29 is 19.4 Å². The Hall–Kier alpha value is -3.50. The van der Waals surface area contributed by atoms with Gasteiger partial charge in [-0.3, -0.25) is 4.79 Å². The molecule has 0 bridgehead atoms. The number of ether oxygens (including phenoxy) is 1. The highest BCUT2D eigenvalue weighted by Gasteiger charge is 2.25. The van der Waals surface area contributed by atoms with Gasteiger partial charge in [-0.1, -0.05) is 23.7 Å². The van der Waals surface area contributed by atoms with Crippen LogP contribution >= 0.6 is 11.6 Å². The summed E-state index contributed by atoms with van der Waals surface area (Å²) in [6.07, 6.45) is 3.21. The minimum absolute atomic E-state index is 0.176. The zero-order chi connectivity index (χ0) is 21.1. The van der Waals surface area contributed by atoms with Crippen LogP contribution < -0.4 is 5.32 Å². The van der Waals surface area contributed by atoms with E-state index in [9.17, 15) is 9.59 Å². The van der Waals surface area contributed by atoms with Gasteiger partial charge in [0, 0.05) is 30.8 Å². The number of aromatic nitrogens is 4. The smallest absolute Gasteiger partial charge is 0.407 e. The van der Waals surface area contributed by atoms with Gasteiger partial charge in [0.1, 0.15) is 6.10 Å². The van der Waals surface area contributed by atoms with Gasteiger partial charge in [-0.25, -0.2) is 19.4 Å². The normalized spacial score (nSPS) is 16.3. The average molecular weight is 429 g/mol. The van der Waals surface area contributed by atoms with Crippen LogP contribution in [0.5, 0.6) is 0 Å². The van der Waals surface area contributed by atoms with Gasteiger partial charge >= 0.3 is 6.09 Å². The number of nitrogens with one attached hydrogen (secondary N) is 1. The van der Waals surface area contributed by atoms with Crippen molar-refractivity contribution in [3.05, 3.63) is 65.3 Å². The van der Waals surface area contributed by atoms with E-state index in [0.29, 0.717) is 24.7 Å². The molecule has 1 saturated heterocycles. The van der Waals surface area contributed by atoms with Crippen molar-refractivity contribution in [2.45, 2.75) is 6.10 Å². The Labute approximate surface area is 176 Å². The van der Waals surface area contributed by atoms with Gasteiger partial charge in [0.15, 0.2) is 16.7 Å². The highest BCUT2D eigenvalue weighted by molar-refractivity contribution is 6.30. The Kier molecular flexibility index (Phi) is 5.59. The maximum atomic E-state index is 12.5. The maximum Gasteiger partial charge on any atom is 0.407 e. The van der Waals surface area contributed by atoms with E-state index in [1.165, 1.54) is 22.0 Å². The standard InChI is InChI=1S/C19H17ClN6O4/c20-16-17(22-7-6-21-16)26-8-5-14(24-26)18(27)23-13-3-1-12(2-4-13)15-11-25(19(28)29)9-10-30-15/h1-8,15H,9-11H2,(H,23,27)(H,28,29)/t15-/m1/s1. The summed E-state index contributed by atoms with van der Waals surface area (Å²) in [5.74, 6) is -0.0714. The largest absolute Gasteiger partial charge is 0.465 e. The fourth-order valence-electron chi connectivity index (χ4n) is 3.03. The summed E-state index contributed by atoms with van der Waals surface area (Å²) in [5.41, 5.74) is 1.59. The summed E-state index contributed by atoms with van der Waals surface area (Å²) >= 11 is 6.00. The minimum atomic E-state index is -0.964. The van der Waals surface area contributed by atoms with Crippen LogP contribution in [0.25, 0.3) is 5.82 Å². The first-order valence-electron chi connectivity index (χ1n) is 9.04. The summed E-state index contributed by atoms with van der Waals surface area (Å²) in [5, 5.41) is 16.3. The van der Waals surface area contributed by atoms with Crippen LogP contribution in [0.1, 0.15) is 22.2 Å². The number of carbonyl (C=O) groups is 2. The maximum absolute atomic E-state index is 12.5. The molecule has 30 heavy (non-hydrogen) atoms. The lowest BCUT2D eigenvalue weighted by Gasteiger charge is -2.31. The number of hydrogen-bond donors (Lipinski definition) is 2. The van der Waals surface area contributed by atoms with Gasteiger partial charge in [0.05, 0.1) is 13.2 Å². The third-order valence-corrected chi connectivity index (χ3v) is 4.82. The van der Waals surface area contributed by atoms with E-state index in [1.807, 2.05) is 0 Å². The molecule has 4 rings (SSSR count). The zero-order valence-electron chi connectivity index (χ0n) is 15.6. The van der Waals surface area contributed by atoms with Crippen molar-refractivity contribution in [2.75, 3.05) is 25.0 Å². The van der Waals surface area contributed by atoms with Crippen LogP contribution in [0.3, 0.4) is 0 Å². The van der Waals surface area contributed by atoms with E-state index in [4.69, 9.17) is 21.4 Å². The number of nitrogens with zero attached hydrogens (tertiary/aromatic N) is 5. The molecule has 2 aromatic heterocycles. The molecule has 0 aliphatic carbocycles. The van der Waals surface area contributed by atoms with E-state index >= 15 is 0 Å². The van der Waals surface area contributed by atoms with Gasteiger partial charge in [-0.2, -0.15) is 5.10 Å². The number of hydrogen-bond acceptors (Lipinski definition) is 6. The number of rotatable bonds is 4. The average Bonchev–Trinajstić information content (AvgIpc) is 3.25. The quantitative estimate of drug-likeness (QED) is 0.654. The first kappa shape index (κ1) is 19.8. The number of amides is 2. The van der Waals surface area contributed by atoms with Crippen molar-refractivity contribution in [3.8, 4) is 5.82 Å². The Balaban J connectivity index is 1.42. The summed E-state index contributed by atoms with van der Waals surface area (Å²) < 4.78 is 7.04. The fraction of sp³-hybridized carbons (Fsp3) is 0.211. The van der Waals surface area contributed by atoms with Crippen molar-refractivity contribution in [1.82, 2.24) is 24.6 Å². The molecule has 1 aliphatic rings. The van der Waals surface area contributed by atoms with Crippen LogP contribution in [0.4, 0.5) is 10.5 Å². The topological polar surface area (TPSA) is 122 Å². The second kappa shape index (κ2) is 8.47. The van der Waals surface area contributed by atoms with Crippen molar-refractivity contribution in [3.63, 3.8) is 0 Å². The first-order valence-corrected chi connectivity index (χ1v) is 9.42. The Morgan fingerprint density at radius 1 is 1.17 bits per heavy atom. The molecule has 2 N–H and O–H groups in total. The number of anilines is 1. The van der Waals surface area contributed by atoms with Gasteiger partial charge in [-0.05, 0) is 23.8 Å². The van der Waals surface area contributed by atoms with Gasteiger partial charge in [-0.15, -0.1) is 0 Å². The minimum Gasteiger partial charge on any atom is -0.465 e. The molecule has 1 fully saturated rings. The molecule has 3 heterocycles. The molecule has 0 unspecified atom stereocenters. The molecule has 0 saturated carbocycles. The molecular weight excluding hydrogens is 412 g/mol. The van der Waals surface area contributed by atoms with E-state index < -0.39 is 12.0 Å². The van der Waals surface area contributed by atoms with E-state index in [2.05, 4.69) is 20.4 Å². The molecule has 11 heteroatoms. The molecule has 10 nitrogen and oxygen atoms in total. The van der Waals surface area contributed by atoms with Gasteiger partial charge in [0.2, 0.25) is 0 Å². The molecule has 1 atom stereocenters. The van der Waals surface area contributed by atoms with E-state index in [-0.39, 0.29) is 23.5 Å². The lowest BCUT2D eigenvalue weighted by atomic mass is 10.1.